The minimum Gasteiger partial charge on any atom is -0.494 e. The van der Waals surface area contributed by atoms with Gasteiger partial charge in [-0.3, -0.25) is 32.8 Å². The lowest BCUT2D eigenvalue weighted by Crippen LogP contribution is -2.34. The summed E-state index contributed by atoms with van der Waals surface area (Å²) >= 11 is 10.8. The van der Waals surface area contributed by atoms with E-state index in [1.54, 1.807) is 39.8 Å². The first-order valence-corrected chi connectivity index (χ1v) is 11.6. The summed E-state index contributed by atoms with van der Waals surface area (Å²) in [5.41, 5.74) is -0.644. The van der Waals surface area contributed by atoms with Crippen LogP contribution in [0.4, 0.5) is 0 Å². The number of hydrogen-bond donors (Lipinski definition) is 2. The first-order valence-electron chi connectivity index (χ1n) is 10.8. The van der Waals surface area contributed by atoms with Gasteiger partial charge in [0.05, 0.1) is 17.0 Å². The van der Waals surface area contributed by atoms with Crippen molar-refractivity contribution in [2.45, 2.75) is 59.8 Å². The molecule has 0 amide bonds. The predicted molar refractivity (Wildman–Crippen MR) is 130 cm³/mol. The topological polar surface area (TPSA) is 107 Å². The molecule has 0 fully saturated rings. The minimum atomic E-state index is -1.08. The molecule has 3 rings (SSSR count). The molecule has 0 aliphatic rings. The SMILES string of the molecule is CCn1c(O)c(C(c2ccncc2)c2c(O)n(CC)c(=S)n(CC)c2=O)c(=O)n(CC)c1=S. The Hall–Kier alpha value is -3.05. The van der Waals surface area contributed by atoms with Crippen molar-refractivity contribution in [1.29, 1.82) is 0 Å². The van der Waals surface area contributed by atoms with Crippen LogP contribution in [0.3, 0.4) is 0 Å². The van der Waals surface area contributed by atoms with Crippen LogP contribution in [-0.2, 0) is 26.2 Å². The van der Waals surface area contributed by atoms with E-state index in [2.05, 4.69) is 4.98 Å². The van der Waals surface area contributed by atoms with Gasteiger partial charge in [0.1, 0.15) is 0 Å². The summed E-state index contributed by atoms with van der Waals surface area (Å²) in [5, 5.41) is 22.4. The summed E-state index contributed by atoms with van der Waals surface area (Å²) in [4.78, 5) is 31.2. The molecule has 0 spiro atoms. The van der Waals surface area contributed by atoms with Crippen LogP contribution < -0.4 is 11.1 Å². The molecule has 0 aliphatic heterocycles. The van der Waals surface area contributed by atoms with Crippen LogP contribution in [0.1, 0.15) is 50.3 Å². The van der Waals surface area contributed by atoms with Crippen molar-refractivity contribution in [3.63, 3.8) is 0 Å². The lowest BCUT2D eigenvalue weighted by Gasteiger charge is -2.24. The zero-order valence-electron chi connectivity index (χ0n) is 19.0. The number of hydrogen-bond acceptors (Lipinski definition) is 7. The van der Waals surface area contributed by atoms with Crippen molar-refractivity contribution in [3.05, 3.63) is 71.5 Å². The number of aromatic nitrogens is 5. The van der Waals surface area contributed by atoms with Gasteiger partial charge in [0.2, 0.25) is 11.8 Å². The lowest BCUT2D eigenvalue weighted by molar-refractivity contribution is 0.380. The van der Waals surface area contributed by atoms with E-state index in [1.807, 2.05) is 0 Å². The molecule has 176 valence electrons. The van der Waals surface area contributed by atoms with E-state index in [4.69, 9.17) is 24.4 Å². The van der Waals surface area contributed by atoms with Crippen LogP contribution >= 0.6 is 24.4 Å². The number of pyridine rings is 1. The third kappa shape index (κ3) is 3.95. The van der Waals surface area contributed by atoms with Gasteiger partial charge in [0.25, 0.3) is 11.1 Å². The fraction of sp³-hybridized carbons (Fsp3) is 0.409. The Bertz CT molecular complexity index is 1330. The predicted octanol–water partition coefficient (Wildman–Crippen LogP) is 3.14. The van der Waals surface area contributed by atoms with E-state index in [0.717, 1.165) is 0 Å². The third-order valence-electron chi connectivity index (χ3n) is 5.75. The summed E-state index contributed by atoms with van der Waals surface area (Å²) in [7, 11) is 0. The molecule has 3 aromatic rings. The molecule has 3 aromatic heterocycles. The summed E-state index contributed by atoms with van der Waals surface area (Å²) in [6.07, 6.45) is 3.05. The van der Waals surface area contributed by atoms with Gasteiger partial charge in [-0.15, -0.1) is 0 Å². The Morgan fingerprint density at radius 1 is 0.758 bits per heavy atom. The lowest BCUT2D eigenvalue weighted by atomic mass is 9.87. The Morgan fingerprint density at radius 3 is 1.45 bits per heavy atom. The van der Waals surface area contributed by atoms with Gasteiger partial charge < -0.3 is 10.2 Å². The van der Waals surface area contributed by atoms with E-state index in [1.165, 1.54) is 30.7 Å². The second-order valence-electron chi connectivity index (χ2n) is 7.34. The standard InChI is InChI=1S/C22H27N5O4S2/c1-5-24-17(28)15(18(29)25(6-2)21(24)32)14(13-9-11-23-12-10-13)16-19(30)26(7-3)22(33)27(8-4)20(16)31/h9-12,14,28,30H,5-8H2,1-4H3. The fourth-order valence-corrected chi connectivity index (χ4v) is 4.94. The molecular formula is C22H27N5O4S2. The van der Waals surface area contributed by atoms with E-state index in [0.29, 0.717) is 18.7 Å². The van der Waals surface area contributed by atoms with Crippen molar-refractivity contribution in [2.75, 3.05) is 0 Å². The number of rotatable bonds is 7. The molecule has 0 unspecified atom stereocenters. The smallest absolute Gasteiger partial charge is 0.262 e. The molecule has 11 heteroatoms. The molecule has 33 heavy (non-hydrogen) atoms. The molecule has 0 saturated carbocycles. The van der Waals surface area contributed by atoms with Gasteiger partial charge in [-0.05, 0) is 69.8 Å². The molecule has 0 radical (unpaired) electrons. The van der Waals surface area contributed by atoms with Gasteiger partial charge in [0.15, 0.2) is 9.54 Å². The quantitative estimate of drug-likeness (QED) is 0.491. The summed E-state index contributed by atoms with van der Waals surface area (Å²) in [6.45, 7) is 8.32. The highest BCUT2D eigenvalue weighted by Crippen LogP contribution is 2.37. The summed E-state index contributed by atoms with van der Waals surface area (Å²) < 4.78 is 5.97. The zero-order chi connectivity index (χ0) is 24.4. The van der Waals surface area contributed by atoms with Gasteiger partial charge >= 0.3 is 0 Å². The molecule has 0 atom stereocenters. The molecule has 0 saturated heterocycles. The maximum Gasteiger partial charge on any atom is 0.262 e. The normalized spacial score (nSPS) is 11.3. The Kier molecular flexibility index (Phi) is 7.33. The molecule has 0 aliphatic carbocycles. The van der Waals surface area contributed by atoms with Crippen LogP contribution in [-0.4, -0.2) is 33.5 Å². The summed E-state index contributed by atoms with van der Waals surface area (Å²) in [5.74, 6) is -1.76. The maximum atomic E-state index is 13.6. The molecule has 0 aromatic carbocycles. The fourth-order valence-electron chi connectivity index (χ4n) is 4.09. The average Bonchev–Trinajstić information content (AvgIpc) is 2.79. The molecular weight excluding hydrogens is 462 g/mol. The van der Waals surface area contributed by atoms with E-state index in [-0.39, 0.29) is 45.5 Å². The largest absolute Gasteiger partial charge is 0.494 e. The van der Waals surface area contributed by atoms with Crippen molar-refractivity contribution >= 4 is 24.4 Å². The maximum absolute atomic E-state index is 13.6. The monoisotopic (exact) mass is 489 g/mol. The van der Waals surface area contributed by atoms with Gasteiger partial charge in [0, 0.05) is 38.6 Å². The Balaban J connectivity index is 2.61. The van der Waals surface area contributed by atoms with Crippen LogP contribution in [0.25, 0.3) is 0 Å². The highest BCUT2D eigenvalue weighted by Gasteiger charge is 2.33. The van der Waals surface area contributed by atoms with Crippen molar-refractivity contribution < 1.29 is 10.2 Å². The Labute approximate surface area is 200 Å². The zero-order valence-corrected chi connectivity index (χ0v) is 20.6. The average molecular weight is 490 g/mol. The molecule has 9 nitrogen and oxygen atoms in total. The van der Waals surface area contributed by atoms with Gasteiger partial charge in [-0.25, -0.2) is 0 Å². The first kappa shape index (κ1) is 24.6. The molecule has 3 heterocycles. The van der Waals surface area contributed by atoms with Crippen molar-refractivity contribution in [2.24, 2.45) is 0 Å². The second-order valence-corrected chi connectivity index (χ2v) is 8.07. The Morgan fingerprint density at radius 2 is 1.12 bits per heavy atom. The van der Waals surface area contributed by atoms with Gasteiger partial charge in [-0.1, -0.05) is 0 Å². The molecule has 2 N–H and O–H groups in total. The van der Waals surface area contributed by atoms with Crippen molar-refractivity contribution in [1.82, 2.24) is 23.3 Å². The molecule has 0 bridgehead atoms. The summed E-state index contributed by atoms with van der Waals surface area (Å²) in [6, 6.07) is 3.29. The van der Waals surface area contributed by atoms with Crippen LogP contribution in [0.5, 0.6) is 11.8 Å². The minimum absolute atomic E-state index is 0.0478. The third-order valence-corrected chi connectivity index (χ3v) is 6.63. The number of nitrogens with zero attached hydrogens (tertiary/aromatic N) is 5. The van der Waals surface area contributed by atoms with Crippen LogP contribution in [0, 0.1) is 9.54 Å². The highest BCUT2D eigenvalue weighted by atomic mass is 32.1. The van der Waals surface area contributed by atoms with Gasteiger partial charge in [-0.2, -0.15) is 0 Å². The van der Waals surface area contributed by atoms with Crippen LogP contribution in [0.15, 0.2) is 34.1 Å². The second kappa shape index (κ2) is 9.84. The van der Waals surface area contributed by atoms with E-state index < -0.39 is 17.0 Å². The van der Waals surface area contributed by atoms with Crippen LogP contribution in [0.2, 0.25) is 0 Å². The van der Waals surface area contributed by atoms with Crippen molar-refractivity contribution in [3.8, 4) is 11.8 Å². The highest BCUT2D eigenvalue weighted by molar-refractivity contribution is 7.71. The first-order chi connectivity index (χ1) is 15.7. The number of aromatic hydroxyl groups is 2. The van der Waals surface area contributed by atoms with E-state index >= 15 is 0 Å². The van der Waals surface area contributed by atoms with E-state index in [9.17, 15) is 19.8 Å².